The van der Waals surface area contributed by atoms with Crippen LogP contribution >= 0.6 is 0 Å². The Morgan fingerprint density at radius 3 is 2.64 bits per heavy atom. The fraction of sp³-hybridized carbons (Fsp3) is 0.550. The second kappa shape index (κ2) is 8.96. The molecule has 0 aliphatic carbocycles. The molecule has 1 aromatic carbocycles. The number of hydrogen-bond acceptors (Lipinski definition) is 5. The fourth-order valence-electron chi connectivity index (χ4n) is 3.37. The number of rotatable bonds is 8. The van der Waals surface area contributed by atoms with Gasteiger partial charge in [-0.1, -0.05) is 19.1 Å². The van der Waals surface area contributed by atoms with Gasteiger partial charge in [-0.05, 0) is 57.8 Å². The van der Waals surface area contributed by atoms with Crippen molar-refractivity contribution in [3.05, 3.63) is 36.2 Å². The number of aryl methyl sites for hydroxylation is 2. The van der Waals surface area contributed by atoms with Gasteiger partial charge in [0.05, 0.1) is 11.4 Å². The van der Waals surface area contributed by atoms with Crippen LogP contribution in [-0.4, -0.2) is 49.3 Å². The summed E-state index contributed by atoms with van der Waals surface area (Å²) in [5.41, 5.74) is 0.922. The maximum atomic E-state index is 12.8. The molecule has 8 heteroatoms. The number of hydrogen-bond donors (Lipinski definition) is 1. The minimum Gasteiger partial charge on any atom is -0.490 e. The maximum Gasteiger partial charge on any atom is 0.265 e. The summed E-state index contributed by atoms with van der Waals surface area (Å²) in [6.45, 7) is 10.1. The number of piperidine rings is 1. The molecule has 1 fully saturated rings. The zero-order chi connectivity index (χ0) is 20.1. The van der Waals surface area contributed by atoms with Crippen LogP contribution in [0.4, 0.5) is 5.69 Å². The van der Waals surface area contributed by atoms with E-state index in [0.717, 1.165) is 25.6 Å². The van der Waals surface area contributed by atoms with Crippen LogP contribution in [0.15, 0.2) is 35.4 Å². The number of sulfonamides is 1. The fourth-order valence-corrected chi connectivity index (χ4v) is 4.63. The summed E-state index contributed by atoms with van der Waals surface area (Å²) in [7, 11) is -3.73. The van der Waals surface area contributed by atoms with Gasteiger partial charge in [-0.2, -0.15) is 5.10 Å². The van der Waals surface area contributed by atoms with Crippen molar-refractivity contribution in [2.24, 2.45) is 5.92 Å². The van der Waals surface area contributed by atoms with Crippen molar-refractivity contribution < 1.29 is 13.2 Å². The highest BCUT2D eigenvalue weighted by Crippen LogP contribution is 2.27. The molecule has 1 aliphatic heterocycles. The molecule has 0 amide bonds. The quantitative estimate of drug-likeness (QED) is 0.729. The number of aromatic nitrogens is 2. The zero-order valence-electron chi connectivity index (χ0n) is 16.9. The number of anilines is 1. The van der Waals surface area contributed by atoms with Crippen molar-refractivity contribution in [3.8, 4) is 5.75 Å². The van der Waals surface area contributed by atoms with Crippen LogP contribution in [0.5, 0.6) is 5.75 Å². The van der Waals surface area contributed by atoms with Crippen LogP contribution in [0.25, 0.3) is 0 Å². The topological polar surface area (TPSA) is 76.5 Å². The maximum absolute atomic E-state index is 12.8. The molecular weight excluding hydrogens is 376 g/mol. The van der Waals surface area contributed by atoms with Crippen LogP contribution in [0, 0.1) is 12.8 Å². The number of para-hydroxylation sites is 2. The van der Waals surface area contributed by atoms with Crippen LogP contribution in [0.2, 0.25) is 0 Å². The summed E-state index contributed by atoms with van der Waals surface area (Å²) < 4.78 is 35.8. The Hall–Kier alpha value is -2.06. The van der Waals surface area contributed by atoms with E-state index in [1.165, 1.54) is 12.8 Å². The first-order valence-corrected chi connectivity index (χ1v) is 11.4. The Labute approximate surface area is 167 Å². The standard InChI is InChI=1S/C20H30N4O3S/c1-4-24-15-20(17(3)21-24)28(25,26)22-18-7-5-6-8-19(18)27-14-13-23-11-9-16(2)10-12-23/h5-8,15-16,22H,4,9-14H2,1-3H3. The molecule has 1 N–H and O–H groups in total. The monoisotopic (exact) mass is 406 g/mol. The van der Waals surface area contributed by atoms with Gasteiger partial charge in [-0.25, -0.2) is 8.42 Å². The van der Waals surface area contributed by atoms with Gasteiger partial charge < -0.3 is 4.74 Å². The predicted octanol–water partition coefficient (Wildman–Crippen LogP) is 3.12. The number of likely N-dealkylation sites (tertiary alicyclic amines) is 1. The Bertz CT molecular complexity index is 887. The van der Waals surface area contributed by atoms with Gasteiger partial charge in [0.25, 0.3) is 10.0 Å². The first-order chi connectivity index (χ1) is 13.4. The van der Waals surface area contributed by atoms with Crippen LogP contribution in [0.3, 0.4) is 0 Å². The van der Waals surface area contributed by atoms with Crippen molar-refractivity contribution in [1.29, 1.82) is 0 Å². The second-order valence-electron chi connectivity index (χ2n) is 7.41. The number of benzene rings is 1. The van der Waals surface area contributed by atoms with Crippen LogP contribution in [-0.2, 0) is 16.6 Å². The third kappa shape index (κ3) is 5.05. The van der Waals surface area contributed by atoms with Crippen molar-refractivity contribution >= 4 is 15.7 Å². The van der Waals surface area contributed by atoms with Crippen molar-refractivity contribution in [1.82, 2.24) is 14.7 Å². The molecule has 0 saturated carbocycles. The summed E-state index contributed by atoms with van der Waals surface area (Å²) in [5.74, 6) is 1.34. The van der Waals surface area contributed by atoms with E-state index in [0.29, 0.717) is 30.3 Å². The molecule has 0 atom stereocenters. The lowest BCUT2D eigenvalue weighted by Crippen LogP contribution is -2.35. The normalized spacial score (nSPS) is 16.2. The Morgan fingerprint density at radius 2 is 1.96 bits per heavy atom. The van der Waals surface area contributed by atoms with Gasteiger partial charge in [0.2, 0.25) is 0 Å². The highest BCUT2D eigenvalue weighted by molar-refractivity contribution is 7.92. The van der Waals surface area contributed by atoms with E-state index >= 15 is 0 Å². The highest BCUT2D eigenvalue weighted by Gasteiger charge is 2.22. The molecule has 154 valence electrons. The molecule has 2 aromatic rings. The van der Waals surface area contributed by atoms with E-state index in [4.69, 9.17) is 4.74 Å². The molecule has 28 heavy (non-hydrogen) atoms. The molecule has 0 radical (unpaired) electrons. The van der Waals surface area contributed by atoms with Gasteiger partial charge in [0.1, 0.15) is 17.3 Å². The number of nitrogens with one attached hydrogen (secondary N) is 1. The van der Waals surface area contributed by atoms with Gasteiger partial charge in [0.15, 0.2) is 0 Å². The zero-order valence-corrected chi connectivity index (χ0v) is 17.7. The molecule has 0 bridgehead atoms. The van der Waals surface area contributed by atoms with Gasteiger partial charge in [0, 0.05) is 19.3 Å². The average molecular weight is 407 g/mol. The molecule has 7 nitrogen and oxygen atoms in total. The minimum atomic E-state index is -3.73. The Morgan fingerprint density at radius 1 is 1.25 bits per heavy atom. The lowest BCUT2D eigenvalue weighted by Gasteiger charge is -2.30. The third-order valence-electron chi connectivity index (χ3n) is 5.19. The smallest absolute Gasteiger partial charge is 0.265 e. The van der Waals surface area contributed by atoms with E-state index in [2.05, 4.69) is 21.6 Å². The van der Waals surface area contributed by atoms with E-state index in [-0.39, 0.29) is 4.90 Å². The minimum absolute atomic E-state index is 0.187. The Kier molecular flexibility index (Phi) is 6.61. The summed E-state index contributed by atoms with van der Waals surface area (Å²) in [4.78, 5) is 2.58. The first kappa shape index (κ1) is 20.7. The van der Waals surface area contributed by atoms with E-state index in [1.807, 2.05) is 13.0 Å². The van der Waals surface area contributed by atoms with Crippen LogP contribution < -0.4 is 9.46 Å². The largest absolute Gasteiger partial charge is 0.490 e. The SMILES string of the molecule is CCn1cc(S(=O)(=O)Nc2ccccc2OCCN2CCC(C)CC2)c(C)n1. The van der Waals surface area contributed by atoms with E-state index < -0.39 is 10.0 Å². The predicted molar refractivity (Wildman–Crippen MR) is 110 cm³/mol. The van der Waals surface area contributed by atoms with E-state index in [9.17, 15) is 8.42 Å². The van der Waals surface area contributed by atoms with Gasteiger partial charge in [-0.3, -0.25) is 14.3 Å². The second-order valence-corrected chi connectivity index (χ2v) is 9.06. The molecular formula is C20H30N4O3S. The van der Waals surface area contributed by atoms with Crippen molar-refractivity contribution in [2.75, 3.05) is 31.0 Å². The van der Waals surface area contributed by atoms with Crippen molar-refractivity contribution in [2.45, 2.75) is 45.1 Å². The summed E-state index contributed by atoms with van der Waals surface area (Å²) >= 11 is 0. The molecule has 1 saturated heterocycles. The molecule has 3 rings (SSSR count). The number of nitrogens with zero attached hydrogens (tertiary/aromatic N) is 3. The lowest BCUT2D eigenvalue weighted by atomic mass is 9.99. The lowest BCUT2D eigenvalue weighted by molar-refractivity contribution is 0.161. The molecule has 2 heterocycles. The molecule has 1 aliphatic rings. The Balaban J connectivity index is 1.65. The first-order valence-electron chi connectivity index (χ1n) is 9.90. The average Bonchev–Trinajstić information content (AvgIpc) is 3.06. The number of ether oxygens (including phenoxy) is 1. The summed E-state index contributed by atoms with van der Waals surface area (Å²) in [6.07, 6.45) is 4.00. The molecule has 0 spiro atoms. The molecule has 0 unspecified atom stereocenters. The molecule has 1 aromatic heterocycles. The summed E-state index contributed by atoms with van der Waals surface area (Å²) in [5, 5.41) is 4.23. The highest BCUT2D eigenvalue weighted by atomic mass is 32.2. The van der Waals surface area contributed by atoms with Gasteiger partial charge >= 0.3 is 0 Å². The van der Waals surface area contributed by atoms with Crippen LogP contribution in [0.1, 0.15) is 32.4 Å². The third-order valence-corrected chi connectivity index (χ3v) is 6.66. The van der Waals surface area contributed by atoms with Crippen molar-refractivity contribution in [3.63, 3.8) is 0 Å². The summed E-state index contributed by atoms with van der Waals surface area (Å²) in [6, 6.07) is 7.14. The van der Waals surface area contributed by atoms with Gasteiger partial charge in [-0.15, -0.1) is 0 Å². The van der Waals surface area contributed by atoms with E-state index in [1.54, 1.807) is 36.0 Å².